The predicted molar refractivity (Wildman–Crippen MR) is 101 cm³/mol. The summed E-state index contributed by atoms with van der Waals surface area (Å²) in [5.74, 6) is 0.136. The van der Waals surface area contributed by atoms with Crippen molar-refractivity contribution in [2.75, 3.05) is 0 Å². The van der Waals surface area contributed by atoms with Crippen LogP contribution in [0.5, 0.6) is 0 Å². The smallest absolute Gasteiger partial charge is 0.274 e. The molecule has 0 fully saturated rings. The fourth-order valence-electron chi connectivity index (χ4n) is 2.87. The summed E-state index contributed by atoms with van der Waals surface area (Å²) in [6.07, 6.45) is 0. The first-order chi connectivity index (χ1) is 12.6. The molecule has 0 saturated carbocycles. The lowest BCUT2D eigenvalue weighted by atomic mass is 10.0. The summed E-state index contributed by atoms with van der Waals surface area (Å²) >= 11 is 6.09. The maximum atomic E-state index is 11.6. The summed E-state index contributed by atoms with van der Waals surface area (Å²) in [7, 11) is 0. The first-order valence-corrected chi connectivity index (χ1v) is 8.32. The van der Waals surface area contributed by atoms with E-state index in [2.05, 4.69) is 9.97 Å². The molecular formula is C20H14ClN3O2. The normalized spacial score (nSPS) is 10.8. The Morgan fingerprint density at radius 2 is 1.69 bits per heavy atom. The minimum absolute atomic E-state index is 0.350. The van der Waals surface area contributed by atoms with Crippen molar-refractivity contribution in [2.45, 2.75) is 0 Å². The van der Waals surface area contributed by atoms with Crippen LogP contribution in [0.15, 0.2) is 66.7 Å². The number of carbonyl (C=O) groups is 1. The number of aromatic nitrogens is 2. The van der Waals surface area contributed by atoms with Gasteiger partial charge in [0.1, 0.15) is 5.82 Å². The maximum absolute atomic E-state index is 11.6. The van der Waals surface area contributed by atoms with Gasteiger partial charge in [0.05, 0.1) is 11.0 Å². The molecule has 0 aliphatic heterocycles. The molecule has 0 spiro atoms. The Kier molecular flexibility index (Phi) is 4.16. The Hall–Kier alpha value is -3.15. The van der Waals surface area contributed by atoms with Gasteiger partial charge in [-0.05, 0) is 47.5 Å². The van der Waals surface area contributed by atoms with Crippen molar-refractivity contribution < 1.29 is 10.0 Å². The van der Waals surface area contributed by atoms with E-state index >= 15 is 0 Å². The average Bonchev–Trinajstić information content (AvgIpc) is 3.11. The number of aromatic amines is 1. The quantitative estimate of drug-likeness (QED) is 0.365. The molecular weight excluding hydrogens is 350 g/mol. The second kappa shape index (κ2) is 6.63. The molecule has 128 valence electrons. The van der Waals surface area contributed by atoms with Gasteiger partial charge in [0.25, 0.3) is 5.91 Å². The molecule has 0 atom stereocenters. The zero-order chi connectivity index (χ0) is 18.1. The number of fused-ring (bicyclic) bond motifs is 1. The van der Waals surface area contributed by atoms with Gasteiger partial charge in [-0.3, -0.25) is 10.0 Å². The summed E-state index contributed by atoms with van der Waals surface area (Å²) in [6, 6.07) is 20.7. The van der Waals surface area contributed by atoms with Crippen LogP contribution in [0.25, 0.3) is 33.5 Å². The maximum Gasteiger partial charge on any atom is 0.274 e. The first-order valence-electron chi connectivity index (χ1n) is 7.94. The molecule has 3 N–H and O–H groups in total. The minimum atomic E-state index is -0.564. The highest BCUT2D eigenvalue weighted by atomic mass is 35.5. The number of H-pyrrole nitrogens is 1. The van der Waals surface area contributed by atoms with E-state index < -0.39 is 5.91 Å². The van der Waals surface area contributed by atoms with E-state index in [-0.39, 0.29) is 0 Å². The van der Waals surface area contributed by atoms with Crippen LogP contribution in [-0.4, -0.2) is 21.1 Å². The molecule has 5 nitrogen and oxygen atoms in total. The topological polar surface area (TPSA) is 78.0 Å². The van der Waals surface area contributed by atoms with E-state index in [4.69, 9.17) is 16.8 Å². The minimum Gasteiger partial charge on any atom is -0.338 e. The third-order valence-corrected chi connectivity index (χ3v) is 4.37. The second-order valence-electron chi connectivity index (χ2n) is 5.85. The van der Waals surface area contributed by atoms with E-state index in [9.17, 15) is 4.79 Å². The van der Waals surface area contributed by atoms with Crippen molar-refractivity contribution in [1.29, 1.82) is 0 Å². The summed E-state index contributed by atoms with van der Waals surface area (Å²) in [5.41, 5.74) is 6.42. The number of imidazole rings is 1. The third-order valence-electron chi connectivity index (χ3n) is 4.14. The molecule has 0 aliphatic carbocycles. The highest BCUT2D eigenvalue weighted by Gasteiger charge is 2.10. The molecule has 26 heavy (non-hydrogen) atoms. The van der Waals surface area contributed by atoms with Crippen LogP contribution >= 0.6 is 11.6 Å². The number of carbonyl (C=O) groups excluding carboxylic acids is 1. The predicted octanol–water partition coefficient (Wildman–Crippen LogP) is 4.67. The number of amides is 1. The zero-order valence-electron chi connectivity index (χ0n) is 13.5. The second-order valence-corrected chi connectivity index (χ2v) is 6.29. The van der Waals surface area contributed by atoms with Gasteiger partial charge in [0, 0.05) is 16.1 Å². The molecule has 0 aliphatic rings. The number of hydrogen-bond acceptors (Lipinski definition) is 3. The summed E-state index contributed by atoms with van der Waals surface area (Å²) < 4.78 is 0. The molecule has 1 aromatic heterocycles. The average molecular weight is 364 g/mol. The molecule has 0 radical (unpaired) electrons. The van der Waals surface area contributed by atoms with Gasteiger partial charge in [-0.15, -0.1) is 0 Å². The molecule has 3 aromatic carbocycles. The van der Waals surface area contributed by atoms with Crippen molar-refractivity contribution in [3.05, 3.63) is 77.3 Å². The van der Waals surface area contributed by atoms with E-state index in [1.54, 1.807) is 23.7 Å². The fraction of sp³-hybridized carbons (Fsp3) is 0. The van der Waals surface area contributed by atoms with Crippen molar-refractivity contribution in [3.8, 4) is 22.5 Å². The van der Waals surface area contributed by atoms with Gasteiger partial charge in [0.2, 0.25) is 0 Å². The highest BCUT2D eigenvalue weighted by Crippen LogP contribution is 2.28. The Labute approximate surface area is 154 Å². The van der Waals surface area contributed by atoms with E-state index in [1.807, 2.05) is 48.5 Å². The van der Waals surface area contributed by atoms with Crippen molar-refractivity contribution >= 4 is 28.5 Å². The SMILES string of the molecule is O=C(NO)c1ccc2nc(-c3cccc(-c4cccc(Cl)c4)c3)[nH]c2c1. The lowest BCUT2D eigenvalue weighted by Gasteiger charge is -2.04. The largest absolute Gasteiger partial charge is 0.338 e. The van der Waals surface area contributed by atoms with Crippen LogP contribution in [0.3, 0.4) is 0 Å². The monoisotopic (exact) mass is 363 g/mol. The van der Waals surface area contributed by atoms with Crippen LogP contribution in [0.4, 0.5) is 0 Å². The molecule has 0 saturated heterocycles. The summed E-state index contributed by atoms with van der Waals surface area (Å²) in [4.78, 5) is 19.4. The number of hydroxylamine groups is 1. The van der Waals surface area contributed by atoms with Crippen molar-refractivity contribution in [2.24, 2.45) is 0 Å². The van der Waals surface area contributed by atoms with Gasteiger partial charge in [-0.1, -0.05) is 41.9 Å². The number of nitrogens with zero attached hydrogens (tertiary/aromatic N) is 1. The Morgan fingerprint density at radius 1 is 0.962 bits per heavy atom. The number of nitrogens with one attached hydrogen (secondary N) is 2. The Bertz CT molecular complexity index is 1120. The van der Waals surface area contributed by atoms with Gasteiger partial charge >= 0.3 is 0 Å². The lowest BCUT2D eigenvalue weighted by molar-refractivity contribution is 0.0706. The van der Waals surface area contributed by atoms with Crippen molar-refractivity contribution in [3.63, 3.8) is 0 Å². The molecule has 0 unspecified atom stereocenters. The van der Waals surface area contributed by atoms with Crippen LogP contribution in [0.1, 0.15) is 10.4 Å². The summed E-state index contributed by atoms with van der Waals surface area (Å²) in [5, 5.41) is 9.45. The van der Waals surface area contributed by atoms with E-state index in [0.717, 1.165) is 22.2 Å². The number of rotatable bonds is 3. The van der Waals surface area contributed by atoms with Crippen molar-refractivity contribution in [1.82, 2.24) is 15.4 Å². The molecule has 0 bridgehead atoms. The molecule has 1 amide bonds. The Balaban J connectivity index is 1.75. The number of hydrogen-bond donors (Lipinski definition) is 3. The van der Waals surface area contributed by atoms with Gasteiger partial charge in [-0.2, -0.15) is 0 Å². The number of halogens is 1. The van der Waals surface area contributed by atoms with E-state index in [1.165, 1.54) is 0 Å². The highest BCUT2D eigenvalue weighted by molar-refractivity contribution is 6.30. The van der Waals surface area contributed by atoms with Crippen LogP contribution < -0.4 is 5.48 Å². The zero-order valence-corrected chi connectivity index (χ0v) is 14.3. The lowest BCUT2D eigenvalue weighted by Crippen LogP contribution is -2.18. The summed E-state index contributed by atoms with van der Waals surface area (Å²) in [6.45, 7) is 0. The van der Waals surface area contributed by atoms with Gasteiger partial charge < -0.3 is 4.98 Å². The van der Waals surface area contributed by atoms with Gasteiger partial charge in [-0.25, -0.2) is 10.5 Å². The molecule has 6 heteroatoms. The van der Waals surface area contributed by atoms with Crippen LogP contribution in [0, 0.1) is 0 Å². The van der Waals surface area contributed by atoms with E-state index in [0.29, 0.717) is 21.9 Å². The van der Waals surface area contributed by atoms with Crippen LogP contribution in [0.2, 0.25) is 5.02 Å². The first kappa shape index (κ1) is 16.3. The third kappa shape index (κ3) is 3.06. The number of benzene rings is 3. The fourth-order valence-corrected chi connectivity index (χ4v) is 3.06. The van der Waals surface area contributed by atoms with Crippen LogP contribution in [-0.2, 0) is 0 Å². The molecule has 4 rings (SSSR count). The van der Waals surface area contributed by atoms with Gasteiger partial charge in [0.15, 0.2) is 0 Å². The standard InChI is InChI=1S/C20H14ClN3O2/c21-16-6-2-4-13(10-16)12-3-1-5-14(9-12)19-22-17-8-7-15(20(25)24-26)11-18(17)23-19/h1-11,26H,(H,22,23)(H,24,25). The Morgan fingerprint density at radius 3 is 2.46 bits per heavy atom. The molecule has 1 heterocycles. The molecule has 4 aromatic rings.